The lowest BCUT2D eigenvalue weighted by atomic mass is 9.66. The van der Waals surface area contributed by atoms with E-state index >= 15 is 0 Å². The molecule has 0 aliphatic heterocycles. The fraction of sp³-hybridized carbons (Fsp3) is 0.429. The molecule has 0 spiro atoms. The summed E-state index contributed by atoms with van der Waals surface area (Å²) < 4.78 is 15.0. The van der Waals surface area contributed by atoms with Crippen LogP contribution < -0.4 is 0 Å². The molecule has 2 unspecified atom stereocenters. The predicted octanol–water partition coefficient (Wildman–Crippen LogP) is 10.3. The van der Waals surface area contributed by atoms with Gasteiger partial charge in [-0.25, -0.2) is 4.39 Å². The summed E-state index contributed by atoms with van der Waals surface area (Å²) in [5.74, 6) is 1.29. The molecule has 0 aliphatic carbocycles. The van der Waals surface area contributed by atoms with Crippen LogP contribution >= 0.6 is 0 Å². The summed E-state index contributed by atoms with van der Waals surface area (Å²) >= 11 is 0. The molecule has 0 saturated heterocycles. The minimum atomic E-state index is -0.107. The second-order valence-electron chi connectivity index (χ2n) is 11.0. The van der Waals surface area contributed by atoms with E-state index in [1.807, 2.05) is 13.0 Å². The Morgan fingerprint density at radius 3 is 2.19 bits per heavy atom. The van der Waals surface area contributed by atoms with E-state index in [0.29, 0.717) is 11.8 Å². The van der Waals surface area contributed by atoms with Crippen LogP contribution in [0.15, 0.2) is 73.3 Å². The maximum atomic E-state index is 15.0. The largest absolute Gasteiger partial charge is 0.207 e. The number of allylic oxidation sites excluding steroid dienone is 1. The SMILES string of the molecule is C=C(c1cccc(C)c1)[C@H](CC(C)CCC)C(c1cccc(F)c1C)[C@H](CC)Cc1cccc(C)c1. The van der Waals surface area contributed by atoms with Crippen LogP contribution in [0.5, 0.6) is 0 Å². The molecule has 0 heterocycles. The van der Waals surface area contributed by atoms with Gasteiger partial charge in [0.25, 0.3) is 0 Å². The first-order chi connectivity index (χ1) is 17.2. The lowest BCUT2D eigenvalue weighted by Gasteiger charge is -2.38. The van der Waals surface area contributed by atoms with Crippen LogP contribution in [0, 0.1) is 44.3 Å². The maximum Gasteiger partial charge on any atom is 0.126 e. The summed E-state index contributed by atoms with van der Waals surface area (Å²) in [5.41, 5.74) is 8.25. The molecule has 0 saturated carbocycles. The van der Waals surface area contributed by atoms with Crippen molar-refractivity contribution in [2.45, 2.75) is 79.6 Å². The van der Waals surface area contributed by atoms with Crippen molar-refractivity contribution in [1.29, 1.82) is 0 Å². The molecular formula is C35H45F. The zero-order chi connectivity index (χ0) is 26.2. The van der Waals surface area contributed by atoms with Crippen molar-refractivity contribution < 1.29 is 4.39 Å². The van der Waals surface area contributed by atoms with E-state index in [2.05, 4.69) is 89.2 Å². The Kier molecular flexibility index (Phi) is 10.1. The Labute approximate surface area is 219 Å². The molecule has 0 nitrogen and oxygen atoms in total. The Bertz CT molecular complexity index is 1140. The van der Waals surface area contributed by atoms with Crippen molar-refractivity contribution in [2.75, 3.05) is 0 Å². The van der Waals surface area contributed by atoms with Gasteiger partial charge < -0.3 is 0 Å². The van der Waals surface area contributed by atoms with E-state index < -0.39 is 0 Å². The summed E-state index contributed by atoms with van der Waals surface area (Å²) in [5, 5.41) is 0. The fourth-order valence-electron chi connectivity index (χ4n) is 6.06. The Balaban J connectivity index is 2.16. The zero-order valence-corrected chi connectivity index (χ0v) is 23.3. The van der Waals surface area contributed by atoms with Crippen LogP contribution in [0.2, 0.25) is 0 Å². The minimum Gasteiger partial charge on any atom is -0.207 e. The normalized spacial score (nSPS) is 14.8. The monoisotopic (exact) mass is 484 g/mol. The van der Waals surface area contributed by atoms with Gasteiger partial charge in [-0.3, -0.25) is 0 Å². The topological polar surface area (TPSA) is 0 Å². The predicted molar refractivity (Wildman–Crippen MR) is 155 cm³/mol. The first-order valence-electron chi connectivity index (χ1n) is 13.8. The van der Waals surface area contributed by atoms with Crippen LogP contribution in [-0.4, -0.2) is 0 Å². The summed E-state index contributed by atoms with van der Waals surface area (Å²) in [7, 11) is 0. The molecule has 0 aromatic heterocycles. The Hall–Kier alpha value is -2.67. The van der Waals surface area contributed by atoms with E-state index in [1.165, 1.54) is 40.7 Å². The number of aryl methyl sites for hydroxylation is 2. The van der Waals surface area contributed by atoms with E-state index in [-0.39, 0.29) is 17.7 Å². The molecule has 36 heavy (non-hydrogen) atoms. The minimum absolute atomic E-state index is 0.107. The average molecular weight is 485 g/mol. The number of hydrogen-bond donors (Lipinski definition) is 0. The van der Waals surface area contributed by atoms with Gasteiger partial charge in [0, 0.05) is 0 Å². The third kappa shape index (κ3) is 6.96. The van der Waals surface area contributed by atoms with Crippen molar-refractivity contribution in [3.63, 3.8) is 0 Å². The standard InChI is InChI=1S/C35H45F/c1-8-13-24(3)22-33(27(6)31-17-11-15-26(5)21-31)35(32-18-12-19-34(36)28(32)7)30(9-2)23-29-16-10-14-25(4)20-29/h10-12,14-21,24,30,33,35H,6,8-9,13,22-23H2,1-5,7H3/t24?,30-,33+,35?/m1/s1. The van der Waals surface area contributed by atoms with Gasteiger partial charge in [-0.1, -0.05) is 118 Å². The smallest absolute Gasteiger partial charge is 0.126 e. The Morgan fingerprint density at radius 1 is 0.889 bits per heavy atom. The van der Waals surface area contributed by atoms with Crippen LogP contribution in [-0.2, 0) is 6.42 Å². The molecule has 3 rings (SSSR count). The highest BCUT2D eigenvalue weighted by atomic mass is 19.1. The highest BCUT2D eigenvalue weighted by molar-refractivity contribution is 5.67. The summed E-state index contributed by atoms with van der Waals surface area (Å²) in [6.45, 7) is 17.9. The quantitative estimate of drug-likeness (QED) is 0.240. The average Bonchev–Trinajstić information content (AvgIpc) is 2.85. The van der Waals surface area contributed by atoms with Crippen LogP contribution in [0.25, 0.3) is 5.57 Å². The number of hydrogen-bond acceptors (Lipinski definition) is 0. The van der Waals surface area contributed by atoms with E-state index in [0.717, 1.165) is 30.4 Å². The molecule has 4 atom stereocenters. The highest BCUT2D eigenvalue weighted by Crippen LogP contribution is 2.46. The number of halogens is 1. The lowest BCUT2D eigenvalue weighted by Crippen LogP contribution is -2.27. The summed E-state index contributed by atoms with van der Waals surface area (Å²) in [6, 6.07) is 23.3. The number of benzene rings is 3. The van der Waals surface area contributed by atoms with Crippen molar-refractivity contribution in [2.24, 2.45) is 17.8 Å². The van der Waals surface area contributed by atoms with Crippen LogP contribution in [0.3, 0.4) is 0 Å². The molecule has 0 bridgehead atoms. The third-order valence-corrected chi connectivity index (χ3v) is 7.99. The Morgan fingerprint density at radius 2 is 1.56 bits per heavy atom. The van der Waals surface area contributed by atoms with Gasteiger partial charge >= 0.3 is 0 Å². The molecule has 192 valence electrons. The summed E-state index contributed by atoms with van der Waals surface area (Å²) in [4.78, 5) is 0. The van der Waals surface area contributed by atoms with E-state index in [4.69, 9.17) is 6.58 Å². The van der Waals surface area contributed by atoms with Gasteiger partial charge in [-0.05, 0) is 91.2 Å². The second kappa shape index (κ2) is 13.0. The molecule has 0 radical (unpaired) electrons. The van der Waals surface area contributed by atoms with Crippen LogP contribution in [0.1, 0.15) is 85.8 Å². The van der Waals surface area contributed by atoms with Gasteiger partial charge in [0.15, 0.2) is 0 Å². The van der Waals surface area contributed by atoms with Crippen molar-refractivity contribution >= 4 is 5.57 Å². The second-order valence-corrected chi connectivity index (χ2v) is 11.0. The van der Waals surface area contributed by atoms with E-state index in [9.17, 15) is 4.39 Å². The lowest BCUT2D eigenvalue weighted by molar-refractivity contribution is 0.296. The van der Waals surface area contributed by atoms with Gasteiger partial charge in [0.2, 0.25) is 0 Å². The first-order valence-corrected chi connectivity index (χ1v) is 13.8. The van der Waals surface area contributed by atoms with Gasteiger partial charge in [0.05, 0.1) is 0 Å². The van der Waals surface area contributed by atoms with Gasteiger partial charge in [-0.15, -0.1) is 0 Å². The molecule has 0 amide bonds. The van der Waals surface area contributed by atoms with Gasteiger partial charge in [0.1, 0.15) is 5.82 Å². The van der Waals surface area contributed by atoms with Crippen molar-refractivity contribution in [3.05, 3.63) is 113 Å². The first kappa shape index (κ1) is 27.9. The number of rotatable bonds is 12. The molecular weight excluding hydrogens is 439 g/mol. The molecule has 3 aromatic carbocycles. The third-order valence-electron chi connectivity index (χ3n) is 7.99. The maximum absolute atomic E-state index is 15.0. The summed E-state index contributed by atoms with van der Waals surface area (Å²) in [6.07, 6.45) is 5.45. The van der Waals surface area contributed by atoms with Crippen LogP contribution in [0.4, 0.5) is 4.39 Å². The van der Waals surface area contributed by atoms with Crippen molar-refractivity contribution in [1.82, 2.24) is 0 Å². The molecule has 1 heteroatoms. The highest BCUT2D eigenvalue weighted by Gasteiger charge is 2.34. The molecule has 0 fully saturated rings. The zero-order valence-electron chi connectivity index (χ0n) is 23.3. The van der Waals surface area contributed by atoms with Gasteiger partial charge in [-0.2, -0.15) is 0 Å². The van der Waals surface area contributed by atoms with E-state index in [1.54, 1.807) is 6.07 Å². The molecule has 0 N–H and O–H groups in total. The fourth-order valence-corrected chi connectivity index (χ4v) is 6.06. The van der Waals surface area contributed by atoms with Crippen molar-refractivity contribution in [3.8, 4) is 0 Å². The molecule has 0 aliphatic rings. The molecule has 3 aromatic rings.